The predicted octanol–water partition coefficient (Wildman–Crippen LogP) is 5.51. The molecular formula is C29H21N3O3S. The molecule has 0 radical (unpaired) electrons. The van der Waals surface area contributed by atoms with E-state index in [2.05, 4.69) is 26.5 Å². The summed E-state index contributed by atoms with van der Waals surface area (Å²) in [5, 5.41) is 0.610. The maximum atomic E-state index is 13.5. The highest BCUT2D eigenvalue weighted by molar-refractivity contribution is 7.93. The number of sulfonamides is 1. The largest absolute Gasteiger partial charge is 0.496 e. The predicted molar refractivity (Wildman–Crippen MR) is 141 cm³/mol. The Hall–Kier alpha value is -4.67. The number of ether oxygens (including phenoxy) is 1. The molecule has 0 aliphatic rings. The number of methoxy groups -OCH3 is 1. The van der Waals surface area contributed by atoms with Crippen LogP contribution in [-0.4, -0.2) is 25.5 Å². The molecule has 1 N–H and O–H groups in total. The summed E-state index contributed by atoms with van der Waals surface area (Å²) in [4.78, 5) is 8.46. The van der Waals surface area contributed by atoms with Gasteiger partial charge in [0, 0.05) is 35.1 Å². The first-order chi connectivity index (χ1) is 17.5. The molecule has 7 heteroatoms. The molecule has 0 saturated heterocycles. The van der Waals surface area contributed by atoms with Gasteiger partial charge in [0.2, 0.25) is 0 Å². The maximum absolute atomic E-state index is 13.5. The molecule has 3 aromatic carbocycles. The van der Waals surface area contributed by atoms with Crippen LogP contribution in [0.5, 0.6) is 5.75 Å². The highest BCUT2D eigenvalue weighted by Crippen LogP contribution is 2.32. The summed E-state index contributed by atoms with van der Waals surface area (Å²) in [6.07, 6.45) is 4.89. The first-order valence-corrected chi connectivity index (χ1v) is 12.6. The van der Waals surface area contributed by atoms with E-state index in [1.165, 1.54) is 13.2 Å². The molecule has 0 aliphatic heterocycles. The zero-order chi connectivity index (χ0) is 25.0. The lowest BCUT2D eigenvalue weighted by Gasteiger charge is -2.14. The van der Waals surface area contributed by atoms with Crippen molar-refractivity contribution < 1.29 is 13.2 Å². The van der Waals surface area contributed by atoms with E-state index < -0.39 is 10.0 Å². The number of rotatable bonds is 5. The SMILES string of the molecule is COc1ccc(S(=O)(=O)Nc2ccc(-c3ccccc3)cc2C#Cc2cccnc2)c2ncccc12. The molecular weight excluding hydrogens is 470 g/mol. The second kappa shape index (κ2) is 9.90. The lowest BCUT2D eigenvalue weighted by atomic mass is 10.0. The van der Waals surface area contributed by atoms with Crippen molar-refractivity contribution in [3.05, 3.63) is 115 Å². The van der Waals surface area contributed by atoms with Crippen LogP contribution in [0.2, 0.25) is 0 Å². The molecule has 6 nitrogen and oxygen atoms in total. The van der Waals surface area contributed by atoms with Gasteiger partial charge in [-0.15, -0.1) is 0 Å². The molecule has 36 heavy (non-hydrogen) atoms. The Balaban J connectivity index is 1.60. The summed E-state index contributed by atoms with van der Waals surface area (Å²) >= 11 is 0. The van der Waals surface area contributed by atoms with Gasteiger partial charge < -0.3 is 4.74 Å². The minimum atomic E-state index is -4.00. The number of pyridine rings is 2. The second-order valence-electron chi connectivity index (χ2n) is 7.89. The maximum Gasteiger partial charge on any atom is 0.264 e. The van der Waals surface area contributed by atoms with E-state index in [-0.39, 0.29) is 4.90 Å². The molecule has 5 aromatic rings. The minimum absolute atomic E-state index is 0.0530. The van der Waals surface area contributed by atoms with Crippen LogP contribution in [0.15, 0.2) is 108 Å². The van der Waals surface area contributed by atoms with E-state index in [9.17, 15) is 8.42 Å². The lowest BCUT2D eigenvalue weighted by Crippen LogP contribution is -2.15. The molecule has 5 rings (SSSR count). The molecule has 0 amide bonds. The molecule has 176 valence electrons. The smallest absolute Gasteiger partial charge is 0.264 e. The molecule has 2 aromatic heterocycles. The van der Waals surface area contributed by atoms with Crippen LogP contribution in [-0.2, 0) is 10.0 Å². The average Bonchev–Trinajstić information content (AvgIpc) is 2.92. The Morgan fingerprint density at radius 1 is 0.833 bits per heavy atom. The van der Waals surface area contributed by atoms with Crippen LogP contribution >= 0.6 is 0 Å². The van der Waals surface area contributed by atoms with E-state index in [1.807, 2.05) is 48.5 Å². The fraction of sp³-hybridized carbons (Fsp3) is 0.0345. The van der Waals surface area contributed by atoms with Gasteiger partial charge in [0.1, 0.15) is 10.6 Å². The quantitative estimate of drug-likeness (QED) is 0.328. The zero-order valence-corrected chi connectivity index (χ0v) is 20.2. The summed E-state index contributed by atoms with van der Waals surface area (Å²) < 4.78 is 35.2. The van der Waals surface area contributed by atoms with Gasteiger partial charge in [-0.25, -0.2) is 8.42 Å². The number of benzene rings is 3. The van der Waals surface area contributed by atoms with Gasteiger partial charge in [0.25, 0.3) is 10.0 Å². The Morgan fingerprint density at radius 2 is 1.67 bits per heavy atom. The Bertz CT molecular complexity index is 1710. The van der Waals surface area contributed by atoms with Gasteiger partial charge in [0.05, 0.1) is 18.3 Å². The first kappa shape index (κ1) is 23.1. The topological polar surface area (TPSA) is 81.2 Å². The van der Waals surface area contributed by atoms with Crippen molar-refractivity contribution in [2.45, 2.75) is 4.90 Å². The number of aromatic nitrogens is 2. The van der Waals surface area contributed by atoms with E-state index in [0.29, 0.717) is 27.9 Å². The van der Waals surface area contributed by atoms with Gasteiger partial charge in [-0.05, 0) is 59.7 Å². The van der Waals surface area contributed by atoms with Crippen LogP contribution in [0, 0.1) is 11.8 Å². The molecule has 0 spiro atoms. The summed E-state index contributed by atoms with van der Waals surface area (Å²) in [5.74, 6) is 6.74. The molecule has 0 aliphatic carbocycles. The fourth-order valence-corrected chi connectivity index (χ4v) is 5.08. The highest BCUT2D eigenvalue weighted by atomic mass is 32.2. The van der Waals surface area contributed by atoms with E-state index in [0.717, 1.165) is 16.7 Å². The molecule has 0 fully saturated rings. The standard InChI is InChI=1S/C29H21N3O3S/c1-35-27-15-16-28(29-25(27)10-6-18-31-29)36(33,34)32-26-14-13-23(22-8-3-2-4-9-22)19-24(26)12-11-21-7-5-17-30-20-21/h2-10,13-20,32H,1H3. The average molecular weight is 492 g/mol. The molecule has 2 heterocycles. The van der Waals surface area contributed by atoms with Crippen molar-refractivity contribution in [1.82, 2.24) is 9.97 Å². The summed E-state index contributed by atoms with van der Waals surface area (Å²) in [6, 6.07) is 25.6. The lowest BCUT2D eigenvalue weighted by molar-refractivity contribution is 0.419. The summed E-state index contributed by atoms with van der Waals surface area (Å²) in [5.41, 5.74) is 3.88. The number of nitrogens with zero attached hydrogens (tertiary/aromatic N) is 2. The normalized spacial score (nSPS) is 10.9. The van der Waals surface area contributed by atoms with Crippen molar-refractivity contribution >= 4 is 26.6 Å². The molecule has 0 bridgehead atoms. The van der Waals surface area contributed by atoms with Crippen LogP contribution in [0.1, 0.15) is 11.1 Å². The second-order valence-corrected chi connectivity index (χ2v) is 9.54. The third-order valence-electron chi connectivity index (χ3n) is 5.58. The van der Waals surface area contributed by atoms with Gasteiger partial charge in [-0.3, -0.25) is 14.7 Å². The van der Waals surface area contributed by atoms with Crippen LogP contribution in [0.4, 0.5) is 5.69 Å². The summed E-state index contributed by atoms with van der Waals surface area (Å²) in [7, 11) is -2.46. The van der Waals surface area contributed by atoms with E-state index in [4.69, 9.17) is 4.74 Å². The third-order valence-corrected chi connectivity index (χ3v) is 6.97. The summed E-state index contributed by atoms with van der Waals surface area (Å²) in [6.45, 7) is 0. The van der Waals surface area contributed by atoms with Crippen molar-refractivity contribution in [2.75, 3.05) is 11.8 Å². The van der Waals surface area contributed by atoms with Crippen molar-refractivity contribution in [3.63, 3.8) is 0 Å². The molecule has 0 saturated carbocycles. The van der Waals surface area contributed by atoms with Crippen LogP contribution in [0.3, 0.4) is 0 Å². The molecule has 0 atom stereocenters. The third kappa shape index (κ3) is 4.76. The van der Waals surface area contributed by atoms with Gasteiger partial charge >= 0.3 is 0 Å². The number of anilines is 1. The van der Waals surface area contributed by atoms with Gasteiger partial charge in [0.15, 0.2) is 0 Å². The van der Waals surface area contributed by atoms with E-state index >= 15 is 0 Å². The highest BCUT2D eigenvalue weighted by Gasteiger charge is 2.21. The van der Waals surface area contributed by atoms with Crippen LogP contribution in [0.25, 0.3) is 22.0 Å². The van der Waals surface area contributed by atoms with E-state index in [1.54, 1.807) is 48.9 Å². The van der Waals surface area contributed by atoms with Crippen molar-refractivity contribution in [2.24, 2.45) is 0 Å². The Morgan fingerprint density at radius 3 is 2.44 bits per heavy atom. The number of fused-ring (bicyclic) bond motifs is 1. The van der Waals surface area contributed by atoms with Gasteiger partial charge in [-0.2, -0.15) is 0 Å². The Labute approximate surface area is 209 Å². The van der Waals surface area contributed by atoms with Gasteiger partial charge in [-0.1, -0.05) is 48.2 Å². The molecule has 0 unspecified atom stereocenters. The number of nitrogens with one attached hydrogen (secondary N) is 1. The number of hydrogen-bond donors (Lipinski definition) is 1. The number of hydrogen-bond acceptors (Lipinski definition) is 5. The minimum Gasteiger partial charge on any atom is -0.496 e. The van der Waals surface area contributed by atoms with Crippen LogP contribution < -0.4 is 9.46 Å². The van der Waals surface area contributed by atoms with Crippen molar-refractivity contribution in [1.29, 1.82) is 0 Å². The Kier molecular flexibility index (Phi) is 6.35. The monoisotopic (exact) mass is 491 g/mol. The fourth-order valence-electron chi connectivity index (χ4n) is 3.84. The zero-order valence-electron chi connectivity index (χ0n) is 19.3. The van der Waals surface area contributed by atoms with Crippen molar-refractivity contribution in [3.8, 4) is 28.7 Å². The first-order valence-electron chi connectivity index (χ1n) is 11.1.